The second-order valence-electron chi connectivity index (χ2n) is 7.14. The van der Waals surface area contributed by atoms with Gasteiger partial charge >= 0.3 is 0 Å². The van der Waals surface area contributed by atoms with E-state index in [2.05, 4.69) is 42.3 Å². The van der Waals surface area contributed by atoms with Crippen molar-refractivity contribution < 1.29 is 9.18 Å². The van der Waals surface area contributed by atoms with E-state index in [0.717, 1.165) is 22.9 Å². The molecule has 1 aliphatic rings. The summed E-state index contributed by atoms with van der Waals surface area (Å²) < 4.78 is 13.2. The Labute approximate surface area is 163 Å². The second kappa shape index (κ2) is 7.16. The molecule has 6 heteroatoms. The number of anilines is 1. The zero-order chi connectivity index (χ0) is 19.8. The molecular weight excluding hydrogens is 365 g/mol. The molecule has 0 aliphatic carbocycles. The van der Waals surface area contributed by atoms with Gasteiger partial charge < -0.3 is 4.90 Å². The lowest BCUT2D eigenvalue weighted by Crippen LogP contribution is -2.42. The molecule has 0 atom stereocenters. The van der Waals surface area contributed by atoms with Gasteiger partial charge in [0.1, 0.15) is 5.82 Å². The van der Waals surface area contributed by atoms with E-state index in [1.165, 1.54) is 24.4 Å². The SMILES string of the molecule is CC1=CC(C)(C)N(C)c2cc(Cl)c(/C=N/NC(=O)c3cccc(F)c3)cc21. The smallest absolute Gasteiger partial charge is 0.271 e. The Morgan fingerprint density at radius 2 is 2.04 bits per heavy atom. The molecule has 2 aromatic rings. The van der Waals surface area contributed by atoms with Gasteiger partial charge in [0.15, 0.2) is 0 Å². The summed E-state index contributed by atoms with van der Waals surface area (Å²) >= 11 is 6.42. The summed E-state index contributed by atoms with van der Waals surface area (Å²) in [6.07, 6.45) is 3.70. The lowest BCUT2D eigenvalue weighted by atomic mass is 9.88. The first-order chi connectivity index (χ1) is 12.7. The van der Waals surface area contributed by atoms with Crippen LogP contribution in [0.2, 0.25) is 5.02 Å². The third-order valence-electron chi connectivity index (χ3n) is 4.79. The molecule has 1 amide bonds. The lowest BCUT2D eigenvalue weighted by molar-refractivity contribution is 0.0954. The number of rotatable bonds is 3. The number of allylic oxidation sites excluding steroid dienone is 1. The number of carbonyl (C=O) groups excluding carboxylic acids is 1. The van der Waals surface area contributed by atoms with E-state index in [0.29, 0.717) is 10.6 Å². The van der Waals surface area contributed by atoms with Gasteiger partial charge in [0.05, 0.1) is 16.8 Å². The van der Waals surface area contributed by atoms with Crippen LogP contribution in [0.3, 0.4) is 0 Å². The summed E-state index contributed by atoms with van der Waals surface area (Å²) in [5.74, 6) is -0.962. The van der Waals surface area contributed by atoms with Gasteiger partial charge in [-0.3, -0.25) is 4.79 Å². The van der Waals surface area contributed by atoms with Crippen molar-refractivity contribution in [3.63, 3.8) is 0 Å². The first-order valence-electron chi connectivity index (χ1n) is 8.55. The Morgan fingerprint density at radius 1 is 1.30 bits per heavy atom. The predicted molar refractivity (Wildman–Crippen MR) is 109 cm³/mol. The highest BCUT2D eigenvalue weighted by Crippen LogP contribution is 2.40. The van der Waals surface area contributed by atoms with Crippen LogP contribution in [0.15, 0.2) is 47.6 Å². The van der Waals surface area contributed by atoms with Gasteiger partial charge in [0.25, 0.3) is 5.91 Å². The Morgan fingerprint density at radius 3 is 2.74 bits per heavy atom. The molecule has 0 bridgehead atoms. The van der Waals surface area contributed by atoms with Gasteiger partial charge in [-0.2, -0.15) is 5.10 Å². The highest BCUT2D eigenvalue weighted by Gasteiger charge is 2.29. The molecule has 0 fully saturated rings. The number of nitrogens with zero attached hydrogens (tertiary/aromatic N) is 2. The minimum atomic E-state index is -0.489. The van der Waals surface area contributed by atoms with Gasteiger partial charge in [-0.15, -0.1) is 0 Å². The molecule has 0 saturated heterocycles. The molecule has 0 spiro atoms. The quantitative estimate of drug-likeness (QED) is 0.604. The summed E-state index contributed by atoms with van der Waals surface area (Å²) in [5, 5.41) is 4.50. The molecule has 1 aliphatic heterocycles. The fraction of sp³-hybridized carbons (Fsp3) is 0.238. The van der Waals surface area contributed by atoms with Crippen LogP contribution in [-0.4, -0.2) is 24.7 Å². The highest BCUT2D eigenvalue weighted by molar-refractivity contribution is 6.33. The van der Waals surface area contributed by atoms with Crippen LogP contribution in [0.25, 0.3) is 5.57 Å². The van der Waals surface area contributed by atoms with Crippen LogP contribution in [0.1, 0.15) is 42.3 Å². The van der Waals surface area contributed by atoms with Crippen LogP contribution in [0.5, 0.6) is 0 Å². The monoisotopic (exact) mass is 385 g/mol. The average Bonchev–Trinajstić information content (AvgIpc) is 2.60. The largest absolute Gasteiger partial charge is 0.365 e. The minimum Gasteiger partial charge on any atom is -0.365 e. The Bertz CT molecular complexity index is 966. The van der Waals surface area contributed by atoms with Gasteiger partial charge in [-0.25, -0.2) is 9.82 Å². The Balaban J connectivity index is 1.83. The van der Waals surface area contributed by atoms with Crippen molar-refractivity contribution in [2.24, 2.45) is 5.10 Å². The topological polar surface area (TPSA) is 44.7 Å². The number of halogens is 2. The first kappa shape index (κ1) is 19.1. The third kappa shape index (κ3) is 3.88. The fourth-order valence-electron chi connectivity index (χ4n) is 3.14. The molecule has 2 aromatic carbocycles. The van der Waals surface area contributed by atoms with Crippen molar-refractivity contribution in [3.05, 3.63) is 70.0 Å². The first-order valence-corrected chi connectivity index (χ1v) is 8.93. The van der Waals surface area contributed by atoms with E-state index in [1.54, 1.807) is 0 Å². The van der Waals surface area contributed by atoms with Crippen LogP contribution >= 0.6 is 11.6 Å². The van der Waals surface area contributed by atoms with Gasteiger partial charge in [-0.1, -0.05) is 23.7 Å². The maximum Gasteiger partial charge on any atom is 0.271 e. The van der Waals surface area contributed by atoms with Crippen LogP contribution in [0.4, 0.5) is 10.1 Å². The summed E-state index contributed by atoms with van der Waals surface area (Å²) in [6, 6.07) is 9.29. The van der Waals surface area contributed by atoms with E-state index in [4.69, 9.17) is 11.6 Å². The van der Waals surface area contributed by atoms with Crippen molar-refractivity contribution in [1.82, 2.24) is 5.43 Å². The standard InChI is InChI=1S/C21H21ClFN3O/c1-13-11-21(2,3)26(4)19-10-18(22)15(9-17(13)19)12-24-25-20(27)14-6-5-7-16(23)8-14/h5-12H,1-4H3,(H,25,27)/b24-12+. The number of hydrogen-bond donors (Lipinski definition) is 1. The highest BCUT2D eigenvalue weighted by atomic mass is 35.5. The number of carbonyl (C=O) groups is 1. The van der Waals surface area contributed by atoms with Crippen LogP contribution in [0, 0.1) is 5.82 Å². The number of hydrazone groups is 1. The van der Waals surface area contributed by atoms with Crippen LogP contribution in [-0.2, 0) is 0 Å². The summed E-state index contributed by atoms with van der Waals surface area (Å²) in [5.41, 5.74) is 6.46. The van der Waals surface area contributed by atoms with Crippen molar-refractivity contribution in [1.29, 1.82) is 0 Å². The van der Waals surface area contributed by atoms with Gasteiger partial charge in [0.2, 0.25) is 0 Å². The number of amides is 1. The summed E-state index contributed by atoms with van der Waals surface area (Å²) in [6.45, 7) is 6.35. The molecule has 140 valence electrons. The maximum atomic E-state index is 13.2. The number of benzene rings is 2. The molecule has 0 unspecified atom stereocenters. The number of likely N-dealkylation sites (N-methyl/N-ethyl adjacent to an activating group) is 1. The number of fused-ring (bicyclic) bond motifs is 1. The van der Waals surface area contributed by atoms with Crippen molar-refractivity contribution in [2.75, 3.05) is 11.9 Å². The summed E-state index contributed by atoms with van der Waals surface area (Å²) in [4.78, 5) is 14.2. The molecule has 0 aromatic heterocycles. The molecule has 1 N–H and O–H groups in total. The molecule has 3 rings (SSSR count). The normalized spacial score (nSPS) is 15.5. The van der Waals surface area contributed by atoms with E-state index < -0.39 is 11.7 Å². The Kier molecular flexibility index (Phi) is 5.07. The second-order valence-corrected chi connectivity index (χ2v) is 7.55. The van der Waals surface area contributed by atoms with Crippen LogP contribution < -0.4 is 10.3 Å². The predicted octanol–water partition coefficient (Wildman–Crippen LogP) is 4.87. The van der Waals surface area contributed by atoms with E-state index >= 15 is 0 Å². The fourth-order valence-corrected chi connectivity index (χ4v) is 3.35. The van der Waals surface area contributed by atoms with E-state index in [1.807, 2.05) is 19.2 Å². The third-order valence-corrected chi connectivity index (χ3v) is 5.12. The van der Waals surface area contributed by atoms with Gasteiger partial charge in [0, 0.05) is 29.4 Å². The molecule has 4 nitrogen and oxygen atoms in total. The zero-order valence-corrected chi connectivity index (χ0v) is 16.4. The minimum absolute atomic E-state index is 0.102. The van der Waals surface area contributed by atoms with Crippen molar-refractivity contribution in [3.8, 4) is 0 Å². The van der Waals surface area contributed by atoms with E-state index in [9.17, 15) is 9.18 Å². The lowest BCUT2D eigenvalue weighted by Gasteiger charge is -2.40. The molecule has 27 heavy (non-hydrogen) atoms. The van der Waals surface area contributed by atoms with E-state index in [-0.39, 0.29) is 11.1 Å². The van der Waals surface area contributed by atoms with Crippen molar-refractivity contribution >= 4 is 35.0 Å². The number of hydrogen-bond acceptors (Lipinski definition) is 3. The Hall–Kier alpha value is -2.66. The molecular formula is C21H21ClFN3O. The molecule has 0 radical (unpaired) electrons. The number of nitrogens with one attached hydrogen (secondary N) is 1. The zero-order valence-electron chi connectivity index (χ0n) is 15.7. The van der Waals surface area contributed by atoms with Crippen molar-refractivity contribution in [2.45, 2.75) is 26.3 Å². The molecule has 0 saturated carbocycles. The molecule has 1 heterocycles. The average molecular weight is 386 g/mol. The summed E-state index contributed by atoms with van der Waals surface area (Å²) in [7, 11) is 2.03. The maximum absolute atomic E-state index is 13.2. The van der Waals surface area contributed by atoms with Gasteiger partial charge in [-0.05, 0) is 56.7 Å².